The van der Waals surface area contributed by atoms with E-state index in [1.54, 1.807) is 35.0 Å². The van der Waals surface area contributed by atoms with Crippen LogP contribution in [0, 0.1) is 0 Å². The van der Waals surface area contributed by atoms with Crippen molar-refractivity contribution >= 4 is 38.9 Å². The Morgan fingerprint density at radius 1 is 1.16 bits per heavy atom. The third kappa shape index (κ3) is 4.39. The first-order chi connectivity index (χ1) is 14.8. The summed E-state index contributed by atoms with van der Waals surface area (Å²) in [6, 6.07) is 8.12. The van der Waals surface area contributed by atoms with Crippen LogP contribution in [0.3, 0.4) is 0 Å². The van der Waals surface area contributed by atoms with E-state index in [1.807, 2.05) is 0 Å². The van der Waals surface area contributed by atoms with Gasteiger partial charge in [0, 0.05) is 39.6 Å². The van der Waals surface area contributed by atoms with Gasteiger partial charge in [0.05, 0.1) is 26.9 Å². The molecule has 0 atom stereocenters. The third-order valence-corrected chi connectivity index (χ3v) is 7.26. The van der Waals surface area contributed by atoms with E-state index in [0.29, 0.717) is 22.1 Å². The van der Waals surface area contributed by atoms with Crippen molar-refractivity contribution in [3.63, 3.8) is 0 Å². The number of halogens is 1. The minimum atomic E-state index is -3.68. The van der Waals surface area contributed by atoms with Gasteiger partial charge in [-0.25, -0.2) is 22.5 Å². The van der Waals surface area contributed by atoms with Gasteiger partial charge in [0.1, 0.15) is 12.3 Å². The highest BCUT2D eigenvalue weighted by molar-refractivity contribution is 7.89. The summed E-state index contributed by atoms with van der Waals surface area (Å²) in [7, 11) is -0.771. The third-order valence-electron chi connectivity index (χ3n) is 5.23. The zero-order valence-corrected chi connectivity index (χ0v) is 18.9. The molecule has 0 aliphatic carbocycles. The highest BCUT2D eigenvalue weighted by Crippen LogP contribution is 2.29. The molecule has 0 unspecified atom stereocenters. The lowest BCUT2D eigenvalue weighted by molar-refractivity contribution is 0.0469. The van der Waals surface area contributed by atoms with Crippen LogP contribution in [0.1, 0.15) is 28.9 Å². The summed E-state index contributed by atoms with van der Waals surface area (Å²) in [4.78, 5) is 19.5. The maximum atomic E-state index is 13.0. The second kappa shape index (κ2) is 8.49. The van der Waals surface area contributed by atoms with Gasteiger partial charge in [-0.1, -0.05) is 11.6 Å². The SMILES string of the molecule is CN(C)S(=O)(=O)c1ccc(N2CCCC2)c(C(=O)OCc2cn3cc(Cl)ccc3n2)c1. The number of aromatic nitrogens is 2. The fraction of sp³-hybridized carbons (Fsp3) is 0.333. The first-order valence-electron chi connectivity index (χ1n) is 9.87. The van der Waals surface area contributed by atoms with Crippen LogP contribution < -0.4 is 4.90 Å². The number of rotatable bonds is 6. The van der Waals surface area contributed by atoms with Gasteiger partial charge in [0.15, 0.2) is 0 Å². The predicted molar refractivity (Wildman–Crippen MR) is 118 cm³/mol. The van der Waals surface area contributed by atoms with Gasteiger partial charge in [-0.3, -0.25) is 0 Å². The Morgan fingerprint density at radius 2 is 1.90 bits per heavy atom. The summed E-state index contributed by atoms with van der Waals surface area (Å²) < 4.78 is 33.6. The zero-order valence-electron chi connectivity index (χ0n) is 17.3. The van der Waals surface area contributed by atoms with Crippen molar-refractivity contribution < 1.29 is 17.9 Å². The Balaban J connectivity index is 1.62. The molecule has 0 saturated carbocycles. The average Bonchev–Trinajstić information content (AvgIpc) is 3.40. The molecule has 0 radical (unpaired) electrons. The first-order valence-corrected chi connectivity index (χ1v) is 11.7. The van der Waals surface area contributed by atoms with Crippen LogP contribution in [0.5, 0.6) is 0 Å². The largest absolute Gasteiger partial charge is 0.455 e. The maximum Gasteiger partial charge on any atom is 0.340 e. The molecule has 3 heterocycles. The second-order valence-electron chi connectivity index (χ2n) is 7.58. The van der Waals surface area contributed by atoms with Crippen LogP contribution >= 0.6 is 11.6 Å². The van der Waals surface area contributed by atoms with Crippen LogP contribution in [-0.2, 0) is 21.4 Å². The fourth-order valence-corrected chi connectivity index (χ4v) is 4.68. The Bertz CT molecular complexity index is 1230. The van der Waals surface area contributed by atoms with Gasteiger partial charge < -0.3 is 14.0 Å². The van der Waals surface area contributed by atoms with Crippen LogP contribution in [-0.4, -0.2) is 55.3 Å². The van der Waals surface area contributed by atoms with Crippen molar-refractivity contribution in [2.24, 2.45) is 0 Å². The highest BCUT2D eigenvalue weighted by atomic mass is 35.5. The predicted octanol–water partition coefficient (Wildman–Crippen LogP) is 3.20. The lowest BCUT2D eigenvalue weighted by atomic mass is 10.1. The summed E-state index contributed by atoms with van der Waals surface area (Å²) in [6.45, 7) is 1.59. The Hall–Kier alpha value is -2.62. The minimum absolute atomic E-state index is 0.0395. The monoisotopic (exact) mass is 462 g/mol. The number of sulfonamides is 1. The smallest absolute Gasteiger partial charge is 0.340 e. The number of benzene rings is 1. The number of hydrogen-bond donors (Lipinski definition) is 0. The van der Waals surface area contributed by atoms with E-state index in [9.17, 15) is 13.2 Å². The molecule has 10 heteroatoms. The second-order valence-corrected chi connectivity index (χ2v) is 10.2. The molecule has 1 aliphatic heterocycles. The lowest BCUT2D eigenvalue weighted by Gasteiger charge is -2.22. The van der Waals surface area contributed by atoms with E-state index in [1.165, 1.54) is 26.2 Å². The zero-order chi connectivity index (χ0) is 22.2. The van der Waals surface area contributed by atoms with Crippen LogP contribution in [0.15, 0.2) is 47.6 Å². The van der Waals surface area contributed by atoms with Crippen molar-refractivity contribution in [1.29, 1.82) is 0 Å². The number of ether oxygens (including phenoxy) is 1. The number of esters is 1. The molecule has 31 heavy (non-hydrogen) atoms. The molecule has 0 bridgehead atoms. The number of pyridine rings is 1. The number of imidazole rings is 1. The molecule has 4 rings (SSSR count). The molecule has 8 nitrogen and oxygen atoms in total. The average molecular weight is 463 g/mol. The summed E-state index contributed by atoms with van der Waals surface area (Å²) in [5.74, 6) is -0.590. The van der Waals surface area contributed by atoms with Crippen molar-refractivity contribution in [1.82, 2.24) is 13.7 Å². The van der Waals surface area contributed by atoms with Crippen LogP contribution in [0.2, 0.25) is 5.02 Å². The van der Waals surface area contributed by atoms with Gasteiger partial charge >= 0.3 is 5.97 Å². The molecule has 164 valence electrons. The van der Waals surface area contributed by atoms with E-state index in [-0.39, 0.29) is 17.1 Å². The van der Waals surface area contributed by atoms with Crippen LogP contribution in [0.4, 0.5) is 5.69 Å². The Kier molecular flexibility index (Phi) is 5.92. The molecule has 0 amide bonds. The van der Waals surface area contributed by atoms with E-state index < -0.39 is 16.0 Å². The lowest BCUT2D eigenvalue weighted by Crippen LogP contribution is -2.24. The number of carbonyl (C=O) groups excluding carboxylic acids is 1. The number of hydrogen-bond acceptors (Lipinski definition) is 6. The standard InChI is InChI=1S/C21H23ClN4O4S/c1-24(2)31(28,29)17-6-7-19(25-9-3-4-10-25)18(11-17)21(27)30-14-16-13-26-12-15(22)5-8-20(26)23-16/h5-8,11-13H,3-4,9-10,14H2,1-2H3. The van der Waals surface area contributed by atoms with Crippen molar-refractivity contribution in [2.45, 2.75) is 24.3 Å². The van der Waals surface area contributed by atoms with Gasteiger partial charge in [-0.05, 0) is 43.2 Å². The van der Waals surface area contributed by atoms with E-state index in [0.717, 1.165) is 30.2 Å². The molecule has 1 aromatic carbocycles. The highest BCUT2D eigenvalue weighted by Gasteiger charge is 2.25. The topological polar surface area (TPSA) is 84.2 Å². The number of nitrogens with zero attached hydrogens (tertiary/aromatic N) is 4. The minimum Gasteiger partial charge on any atom is -0.455 e. The molecule has 0 N–H and O–H groups in total. The number of carbonyl (C=O) groups is 1. The van der Waals surface area contributed by atoms with Crippen molar-refractivity contribution in [3.05, 3.63) is 59.0 Å². The van der Waals surface area contributed by atoms with Gasteiger partial charge in [-0.15, -0.1) is 0 Å². The summed E-state index contributed by atoms with van der Waals surface area (Å²) in [6.07, 6.45) is 5.51. The molecule has 0 spiro atoms. The normalized spacial score (nSPS) is 14.5. The Labute approximate surface area is 186 Å². The molecule has 1 fully saturated rings. The molecular weight excluding hydrogens is 440 g/mol. The van der Waals surface area contributed by atoms with E-state index in [2.05, 4.69) is 9.88 Å². The summed E-state index contributed by atoms with van der Waals surface area (Å²) in [5.41, 5.74) is 2.17. The van der Waals surface area contributed by atoms with Gasteiger partial charge in [0.25, 0.3) is 0 Å². The first kappa shape index (κ1) is 21.6. The van der Waals surface area contributed by atoms with Gasteiger partial charge in [0.2, 0.25) is 10.0 Å². The summed E-state index contributed by atoms with van der Waals surface area (Å²) >= 11 is 6.00. The number of anilines is 1. The molecule has 2 aromatic heterocycles. The molecule has 1 aliphatic rings. The number of fused-ring (bicyclic) bond motifs is 1. The summed E-state index contributed by atoms with van der Waals surface area (Å²) in [5, 5.41) is 0.572. The van der Waals surface area contributed by atoms with Crippen LogP contribution in [0.25, 0.3) is 5.65 Å². The van der Waals surface area contributed by atoms with Crippen molar-refractivity contribution in [2.75, 3.05) is 32.1 Å². The molecule has 3 aromatic rings. The molecule has 1 saturated heterocycles. The van der Waals surface area contributed by atoms with E-state index in [4.69, 9.17) is 16.3 Å². The fourth-order valence-electron chi connectivity index (χ4n) is 3.59. The van der Waals surface area contributed by atoms with E-state index >= 15 is 0 Å². The van der Waals surface area contributed by atoms with Gasteiger partial charge in [-0.2, -0.15) is 0 Å². The quantitative estimate of drug-likeness (QED) is 0.523. The molecular formula is C21H23ClN4O4S. The Morgan fingerprint density at radius 3 is 2.61 bits per heavy atom. The maximum absolute atomic E-state index is 13.0. The van der Waals surface area contributed by atoms with Crippen molar-refractivity contribution in [3.8, 4) is 0 Å².